The van der Waals surface area contributed by atoms with Gasteiger partial charge in [-0.3, -0.25) is 19.2 Å². The smallest absolute Gasteiger partial charge is 0.339 e. The Morgan fingerprint density at radius 3 is 1.94 bits per heavy atom. The van der Waals surface area contributed by atoms with E-state index in [2.05, 4.69) is 5.32 Å². The molecule has 0 radical (unpaired) electrons. The van der Waals surface area contributed by atoms with Gasteiger partial charge in [0.2, 0.25) is 18.3 Å². The number of nitrogens with one attached hydrogen (secondary N) is 1. The molecule has 180 valence electrons. The lowest BCUT2D eigenvalue weighted by Gasteiger charge is -2.43. The molecule has 0 bridgehead atoms. The van der Waals surface area contributed by atoms with Gasteiger partial charge >= 0.3 is 23.9 Å². The molecule has 0 saturated carbocycles. The largest absolute Gasteiger partial charge is 0.467 e. The number of hydrogen-bond acceptors (Lipinski definition) is 11. The van der Waals surface area contributed by atoms with Crippen LogP contribution in [0.2, 0.25) is 0 Å². The van der Waals surface area contributed by atoms with Crippen LogP contribution in [0.15, 0.2) is 24.3 Å². The molecule has 0 unspecified atom stereocenters. The van der Waals surface area contributed by atoms with Crippen molar-refractivity contribution in [3.8, 4) is 5.75 Å². The highest BCUT2D eigenvalue weighted by atomic mass is 16.7. The highest BCUT2D eigenvalue weighted by Crippen LogP contribution is 2.31. The molecule has 1 fully saturated rings. The van der Waals surface area contributed by atoms with E-state index in [1.807, 2.05) is 0 Å². The van der Waals surface area contributed by atoms with E-state index in [0.717, 1.165) is 27.9 Å². The van der Waals surface area contributed by atoms with E-state index in [9.17, 15) is 24.0 Å². The molecule has 1 heterocycles. The van der Waals surface area contributed by atoms with E-state index in [1.165, 1.54) is 24.3 Å². The fourth-order valence-corrected chi connectivity index (χ4v) is 3.06. The minimum absolute atomic E-state index is 0.0696. The van der Waals surface area contributed by atoms with Gasteiger partial charge in [-0.25, -0.2) is 4.79 Å². The van der Waals surface area contributed by atoms with Crippen molar-refractivity contribution < 1.29 is 56.5 Å². The number of benzene rings is 1. The average Bonchev–Trinajstić information content (AvgIpc) is 2.76. The second kappa shape index (κ2) is 11.3. The van der Waals surface area contributed by atoms with Crippen LogP contribution in [0.5, 0.6) is 5.75 Å². The summed E-state index contributed by atoms with van der Waals surface area (Å²) in [4.78, 5) is 59.4. The average molecular weight is 470 g/mol. The molecule has 12 nitrogen and oxygen atoms in total. The predicted octanol–water partition coefficient (Wildman–Crippen LogP) is 0.717. The van der Waals surface area contributed by atoms with Crippen LogP contribution < -0.4 is 10.1 Å². The lowest BCUT2D eigenvalue weighted by molar-refractivity contribution is -0.282. The first-order valence-electron chi connectivity index (χ1n) is 11.1. The van der Waals surface area contributed by atoms with Crippen molar-refractivity contribution in [3.05, 3.63) is 24.3 Å². The van der Waals surface area contributed by atoms with Crippen molar-refractivity contribution >= 4 is 35.5 Å². The predicted molar refractivity (Wildman–Crippen MR) is 109 cm³/mol. The molecular weight excluding hydrogens is 442 g/mol. The van der Waals surface area contributed by atoms with Crippen LogP contribution in [0.4, 0.5) is 5.69 Å². The van der Waals surface area contributed by atoms with E-state index < -0.39 is 67.3 Å². The summed E-state index contributed by atoms with van der Waals surface area (Å²) in [7, 11) is 1.05. The SMILES string of the molecule is [2H]C([2H])([2H])C(=O)Nc1ccc(O[C@@H]2O[C@H](C(=O)OC)[C@@H](OC(C)=O)[C@H](OC(C)=O)[C@H]2OC(C)=O)cc1. The zero-order valence-corrected chi connectivity index (χ0v) is 18.2. The monoisotopic (exact) mass is 470 g/mol. The molecule has 33 heavy (non-hydrogen) atoms. The van der Waals surface area contributed by atoms with E-state index in [4.69, 9.17) is 32.5 Å². The molecule has 0 aliphatic carbocycles. The number of ether oxygens (including phenoxy) is 6. The van der Waals surface area contributed by atoms with E-state index in [1.54, 1.807) is 0 Å². The van der Waals surface area contributed by atoms with Gasteiger partial charge in [0.25, 0.3) is 0 Å². The van der Waals surface area contributed by atoms with Crippen LogP contribution in [-0.2, 0) is 47.7 Å². The lowest BCUT2D eigenvalue weighted by atomic mass is 9.97. The standard InChI is InChI=1S/C21H25NO11/c1-10(23)22-14-6-8-15(9-7-14)32-21-19(31-13(4)26)17(30-12(3)25)16(29-11(2)24)18(33-21)20(27)28-5/h6-9,16-19,21H,1-5H3,(H,22,23)/t16-,17-,18-,19+,21+/m0/s1/i1D3. The minimum Gasteiger partial charge on any atom is -0.467 e. The molecule has 1 N–H and O–H groups in total. The van der Waals surface area contributed by atoms with Crippen LogP contribution >= 0.6 is 0 Å². The Labute approximate surface area is 193 Å². The number of carbonyl (C=O) groups is 5. The number of methoxy groups -OCH3 is 1. The van der Waals surface area contributed by atoms with Gasteiger partial charge in [0.1, 0.15) is 5.75 Å². The van der Waals surface area contributed by atoms with E-state index >= 15 is 0 Å². The zero-order valence-electron chi connectivity index (χ0n) is 21.2. The Bertz CT molecular complexity index is 996. The van der Waals surface area contributed by atoms with Gasteiger partial charge in [0.15, 0.2) is 18.3 Å². The molecule has 1 aromatic carbocycles. The number of esters is 4. The number of carbonyl (C=O) groups excluding carboxylic acids is 5. The van der Waals surface area contributed by atoms with Crippen LogP contribution in [0.25, 0.3) is 0 Å². The Morgan fingerprint density at radius 2 is 1.42 bits per heavy atom. The summed E-state index contributed by atoms with van der Waals surface area (Å²) in [6.07, 6.45) is -7.74. The van der Waals surface area contributed by atoms with Crippen molar-refractivity contribution in [3.63, 3.8) is 0 Å². The van der Waals surface area contributed by atoms with Gasteiger partial charge in [-0.2, -0.15) is 0 Å². The van der Waals surface area contributed by atoms with Crippen molar-refractivity contribution in [1.82, 2.24) is 0 Å². The summed E-state index contributed by atoms with van der Waals surface area (Å²) in [5.74, 6) is -4.62. The maximum absolute atomic E-state index is 12.4. The fraction of sp³-hybridized carbons (Fsp3) is 0.476. The third-order valence-electron chi connectivity index (χ3n) is 4.20. The van der Waals surface area contributed by atoms with Gasteiger partial charge in [-0.15, -0.1) is 0 Å². The second-order valence-corrected chi connectivity index (χ2v) is 6.77. The zero-order chi connectivity index (χ0) is 27.2. The molecule has 0 aromatic heterocycles. The summed E-state index contributed by atoms with van der Waals surface area (Å²) >= 11 is 0. The molecule has 2 rings (SSSR count). The Kier molecular flexibility index (Phi) is 7.24. The molecule has 0 spiro atoms. The number of hydrogen-bond donors (Lipinski definition) is 1. The molecule has 1 saturated heterocycles. The molecule has 1 aromatic rings. The summed E-state index contributed by atoms with van der Waals surface area (Å²) in [5.41, 5.74) is 0.143. The van der Waals surface area contributed by atoms with Gasteiger partial charge in [-0.05, 0) is 24.3 Å². The van der Waals surface area contributed by atoms with Crippen LogP contribution in [0.3, 0.4) is 0 Å². The maximum Gasteiger partial charge on any atom is 0.339 e. The fourth-order valence-electron chi connectivity index (χ4n) is 3.06. The van der Waals surface area contributed by atoms with Gasteiger partial charge < -0.3 is 33.7 Å². The van der Waals surface area contributed by atoms with E-state index in [-0.39, 0.29) is 11.4 Å². The van der Waals surface area contributed by atoms with Crippen LogP contribution in [-0.4, -0.2) is 67.6 Å². The molecule has 1 aliphatic rings. The number of rotatable bonds is 7. The van der Waals surface area contributed by atoms with Crippen molar-refractivity contribution in [1.29, 1.82) is 0 Å². The summed E-state index contributed by atoms with van der Waals surface area (Å²) in [6.45, 7) is 0.322. The van der Waals surface area contributed by atoms with Gasteiger partial charge in [-0.1, -0.05) is 0 Å². The maximum atomic E-state index is 12.4. The summed E-state index contributed by atoms with van der Waals surface area (Å²) in [6, 6.07) is 5.31. The highest BCUT2D eigenvalue weighted by Gasteiger charge is 2.55. The Hall–Kier alpha value is -3.67. The normalized spacial score (nSPS) is 25.8. The molecule has 1 aliphatic heterocycles. The van der Waals surface area contributed by atoms with E-state index in [0.29, 0.717) is 0 Å². The van der Waals surface area contributed by atoms with Gasteiger partial charge in [0.05, 0.1) is 7.11 Å². The van der Waals surface area contributed by atoms with Crippen LogP contribution in [0, 0.1) is 0 Å². The van der Waals surface area contributed by atoms with Crippen LogP contribution in [0.1, 0.15) is 31.7 Å². The third-order valence-corrected chi connectivity index (χ3v) is 4.20. The van der Waals surface area contributed by atoms with Crippen molar-refractivity contribution in [2.24, 2.45) is 0 Å². The van der Waals surface area contributed by atoms with Gasteiger partial charge in [0, 0.05) is 37.4 Å². The molecule has 1 amide bonds. The minimum atomic E-state index is -2.85. The molecule has 5 atom stereocenters. The number of anilines is 1. The first-order chi connectivity index (χ1) is 16.7. The molecular formula is C21H25NO11. The topological polar surface area (TPSA) is 153 Å². The summed E-state index contributed by atoms with van der Waals surface area (Å²) < 4.78 is 53.0. The molecule has 12 heteroatoms. The second-order valence-electron chi connectivity index (χ2n) is 6.77. The Balaban J connectivity index is 2.39. The quantitative estimate of drug-likeness (QED) is 0.443. The Morgan fingerprint density at radius 1 is 0.879 bits per heavy atom. The van der Waals surface area contributed by atoms with Crippen molar-refractivity contribution in [2.75, 3.05) is 12.4 Å². The highest BCUT2D eigenvalue weighted by molar-refractivity contribution is 5.88. The lowest BCUT2D eigenvalue weighted by Crippen LogP contribution is -2.64. The number of amides is 1. The summed E-state index contributed by atoms with van der Waals surface area (Å²) in [5, 5.41) is 2.21. The third kappa shape index (κ3) is 7.17. The first-order valence-corrected chi connectivity index (χ1v) is 9.56. The van der Waals surface area contributed by atoms with Crippen molar-refractivity contribution in [2.45, 2.75) is 58.3 Å². The first kappa shape index (κ1) is 21.2.